The molecule has 0 saturated carbocycles. The molecule has 0 spiro atoms. The normalized spacial score (nSPS) is 10.2. The highest BCUT2D eigenvalue weighted by Crippen LogP contribution is 2.21. The lowest BCUT2D eigenvalue weighted by molar-refractivity contribution is 0.217. The lowest BCUT2D eigenvalue weighted by Gasteiger charge is -2.10. The van der Waals surface area contributed by atoms with E-state index in [1.807, 2.05) is 17.5 Å². The van der Waals surface area contributed by atoms with Gasteiger partial charge in [0.2, 0.25) is 0 Å². The van der Waals surface area contributed by atoms with E-state index in [1.54, 1.807) is 37.8 Å². The number of thiazole rings is 1. The maximum absolute atomic E-state index is 11.4. The molecule has 0 aliphatic carbocycles. The molecule has 0 aliphatic heterocycles. The summed E-state index contributed by atoms with van der Waals surface area (Å²) in [7, 11) is 3.44. The van der Waals surface area contributed by atoms with E-state index in [2.05, 4.69) is 15.3 Å². The minimum absolute atomic E-state index is 0.0779. The number of hydrogen-bond donors (Lipinski definition) is 1. The van der Waals surface area contributed by atoms with Crippen molar-refractivity contribution in [3.05, 3.63) is 34.9 Å². The molecule has 2 amide bonds. The Morgan fingerprint density at radius 2 is 2.11 bits per heavy atom. The summed E-state index contributed by atoms with van der Waals surface area (Å²) >= 11 is 1.61. The summed E-state index contributed by atoms with van der Waals surface area (Å²) in [5, 5.41) is 5.87. The number of nitrogens with one attached hydrogen (secondary N) is 1. The third-order valence-electron chi connectivity index (χ3n) is 2.55. The second-order valence-corrected chi connectivity index (χ2v) is 5.18. The second kappa shape index (κ2) is 6.29. The third-order valence-corrected chi connectivity index (χ3v) is 3.46. The van der Waals surface area contributed by atoms with Crippen LogP contribution in [0.25, 0.3) is 11.3 Å². The Morgan fingerprint density at radius 1 is 1.37 bits per heavy atom. The van der Waals surface area contributed by atoms with Crippen molar-refractivity contribution in [2.75, 3.05) is 20.6 Å². The Morgan fingerprint density at radius 3 is 2.79 bits per heavy atom. The zero-order valence-electron chi connectivity index (χ0n) is 11.0. The number of aromatic nitrogens is 2. The molecule has 0 aliphatic rings. The van der Waals surface area contributed by atoms with E-state index in [4.69, 9.17) is 0 Å². The van der Waals surface area contributed by atoms with Crippen molar-refractivity contribution in [1.82, 2.24) is 20.2 Å². The Balaban J connectivity index is 1.90. The van der Waals surface area contributed by atoms with Gasteiger partial charge in [-0.1, -0.05) is 0 Å². The SMILES string of the molecule is CN(C)C(=O)NCCc1nc(-c2ccncc2)cs1. The molecule has 0 bridgehead atoms. The predicted molar refractivity (Wildman–Crippen MR) is 76.1 cm³/mol. The number of hydrogen-bond acceptors (Lipinski definition) is 4. The molecule has 1 N–H and O–H groups in total. The molecule has 0 radical (unpaired) electrons. The van der Waals surface area contributed by atoms with Crippen LogP contribution in [0.15, 0.2) is 29.9 Å². The summed E-state index contributed by atoms with van der Waals surface area (Å²) in [5.74, 6) is 0. The van der Waals surface area contributed by atoms with Gasteiger partial charge < -0.3 is 10.2 Å². The summed E-state index contributed by atoms with van der Waals surface area (Å²) in [6, 6.07) is 3.80. The van der Waals surface area contributed by atoms with Crippen LogP contribution >= 0.6 is 11.3 Å². The fraction of sp³-hybridized carbons (Fsp3) is 0.308. The van der Waals surface area contributed by atoms with Gasteiger partial charge in [-0.3, -0.25) is 4.98 Å². The summed E-state index contributed by atoms with van der Waals surface area (Å²) in [5.41, 5.74) is 2.02. The molecule has 2 rings (SSSR count). The van der Waals surface area contributed by atoms with Crippen LogP contribution in [0.4, 0.5) is 4.79 Å². The van der Waals surface area contributed by atoms with Crippen LogP contribution in [-0.2, 0) is 6.42 Å². The molecule has 2 aromatic rings. The van der Waals surface area contributed by atoms with Gasteiger partial charge in [0.1, 0.15) is 0 Å². The van der Waals surface area contributed by atoms with Crippen LogP contribution in [0.5, 0.6) is 0 Å². The maximum Gasteiger partial charge on any atom is 0.316 e. The average Bonchev–Trinajstić information content (AvgIpc) is 2.88. The number of carbonyl (C=O) groups is 1. The molecule has 2 aromatic heterocycles. The number of pyridine rings is 1. The first-order chi connectivity index (χ1) is 9.16. The van der Waals surface area contributed by atoms with Crippen LogP contribution in [0.1, 0.15) is 5.01 Å². The van der Waals surface area contributed by atoms with Crippen molar-refractivity contribution in [2.24, 2.45) is 0 Å². The highest BCUT2D eigenvalue weighted by molar-refractivity contribution is 7.09. The fourth-order valence-corrected chi connectivity index (χ4v) is 2.32. The van der Waals surface area contributed by atoms with Gasteiger partial charge in [-0.2, -0.15) is 0 Å². The largest absolute Gasteiger partial charge is 0.338 e. The Bertz CT molecular complexity index is 539. The molecule has 0 saturated heterocycles. The summed E-state index contributed by atoms with van der Waals surface area (Å²) in [6.07, 6.45) is 4.26. The lowest BCUT2D eigenvalue weighted by Crippen LogP contribution is -2.35. The molecule has 6 heteroatoms. The standard InChI is InChI=1S/C13H16N4OS/c1-17(2)13(18)15-8-5-12-16-11(9-19-12)10-3-6-14-7-4-10/h3-4,6-7,9H,5,8H2,1-2H3,(H,15,18). The maximum atomic E-state index is 11.4. The van der Waals surface area contributed by atoms with Crippen LogP contribution in [-0.4, -0.2) is 41.5 Å². The molecule has 100 valence electrons. The van der Waals surface area contributed by atoms with Crippen molar-refractivity contribution in [2.45, 2.75) is 6.42 Å². The van der Waals surface area contributed by atoms with Gasteiger partial charge in [0.05, 0.1) is 10.7 Å². The molecule has 0 fully saturated rings. The van der Waals surface area contributed by atoms with Crippen molar-refractivity contribution in [3.63, 3.8) is 0 Å². The summed E-state index contributed by atoms with van der Waals surface area (Å²) in [6.45, 7) is 0.598. The monoisotopic (exact) mass is 276 g/mol. The first-order valence-corrected chi connectivity index (χ1v) is 6.85. The van der Waals surface area contributed by atoms with Crippen molar-refractivity contribution in [3.8, 4) is 11.3 Å². The topological polar surface area (TPSA) is 58.1 Å². The van der Waals surface area contributed by atoms with Crippen LogP contribution in [0.2, 0.25) is 0 Å². The predicted octanol–water partition coefficient (Wildman–Crippen LogP) is 2.02. The average molecular weight is 276 g/mol. The van der Waals surface area contributed by atoms with Crippen molar-refractivity contribution in [1.29, 1.82) is 0 Å². The summed E-state index contributed by atoms with van der Waals surface area (Å²) in [4.78, 5) is 21.4. The smallest absolute Gasteiger partial charge is 0.316 e. The first kappa shape index (κ1) is 13.5. The first-order valence-electron chi connectivity index (χ1n) is 5.97. The van der Waals surface area contributed by atoms with Crippen molar-refractivity contribution < 1.29 is 4.79 Å². The van der Waals surface area contributed by atoms with E-state index in [1.165, 1.54) is 4.90 Å². The Labute approximate surface area is 116 Å². The second-order valence-electron chi connectivity index (χ2n) is 4.24. The van der Waals surface area contributed by atoms with E-state index in [0.29, 0.717) is 6.54 Å². The van der Waals surface area contributed by atoms with Crippen LogP contribution in [0, 0.1) is 0 Å². The van der Waals surface area contributed by atoms with Crippen LogP contribution in [0.3, 0.4) is 0 Å². The zero-order valence-corrected chi connectivity index (χ0v) is 11.8. The molecule has 0 atom stereocenters. The van der Waals surface area contributed by atoms with E-state index in [0.717, 1.165) is 22.7 Å². The van der Waals surface area contributed by atoms with Gasteiger partial charge in [-0.25, -0.2) is 9.78 Å². The van der Waals surface area contributed by atoms with Gasteiger partial charge in [0.25, 0.3) is 0 Å². The molecule has 0 aromatic carbocycles. The zero-order chi connectivity index (χ0) is 13.7. The number of urea groups is 1. The molecule has 5 nitrogen and oxygen atoms in total. The lowest BCUT2D eigenvalue weighted by atomic mass is 10.2. The number of amides is 2. The van der Waals surface area contributed by atoms with Gasteiger partial charge in [-0.15, -0.1) is 11.3 Å². The van der Waals surface area contributed by atoms with E-state index < -0.39 is 0 Å². The highest BCUT2D eigenvalue weighted by Gasteiger charge is 2.06. The Hall–Kier alpha value is -1.95. The summed E-state index contributed by atoms with van der Waals surface area (Å²) < 4.78 is 0. The van der Waals surface area contributed by atoms with Crippen LogP contribution < -0.4 is 5.32 Å². The number of rotatable bonds is 4. The molecular weight excluding hydrogens is 260 g/mol. The molecule has 19 heavy (non-hydrogen) atoms. The molecule has 0 unspecified atom stereocenters. The van der Waals surface area contributed by atoms with Gasteiger partial charge in [0, 0.05) is 50.4 Å². The quantitative estimate of drug-likeness (QED) is 0.929. The van der Waals surface area contributed by atoms with Gasteiger partial charge >= 0.3 is 6.03 Å². The number of nitrogens with zero attached hydrogens (tertiary/aromatic N) is 3. The van der Waals surface area contributed by atoms with Gasteiger partial charge in [-0.05, 0) is 12.1 Å². The van der Waals surface area contributed by atoms with E-state index >= 15 is 0 Å². The Kier molecular flexibility index (Phi) is 4.46. The number of carbonyl (C=O) groups excluding carboxylic acids is 1. The fourth-order valence-electron chi connectivity index (χ4n) is 1.52. The van der Waals surface area contributed by atoms with Crippen molar-refractivity contribution >= 4 is 17.4 Å². The highest BCUT2D eigenvalue weighted by atomic mass is 32.1. The minimum atomic E-state index is -0.0779. The molecule has 2 heterocycles. The van der Waals surface area contributed by atoms with E-state index in [-0.39, 0.29) is 6.03 Å². The van der Waals surface area contributed by atoms with E-state index in [9.17, 15) is 4.79 Å². The molecular formula is C13H16N4OS. The van der Waals surface area contributed by atoms with Gasteiger partial charge in [0.15, 0.2) is 0 Å². The third kappa shape index (κ3) is 3.75. The minimum Gasteiger partial charge on any atom is -0.338 e.